The van der Waals surface area contributed by atoms with Gasteiger partial charge in [0.15, 0.2) is 5.17 Å². The van der Waals surface area contributed by atoms with Crippen molar-refractivity contribution in [2.45, 2.75) is 19.6 Å². The Bertz CT molecular complexity index is 443. The number of hydrogen-bond donors (Lipinski definition) is 1. The lowest BCUT2D eigenvalue weighted by atomic mass is 9.93. The third-order valence-corrected chi connectivity index (χ3v) is 3.93. The normalized spacial score (nSPS) is 17.8. The molecule has 2 rings (SSSR count). The van der Waals surface area contributed by atoms with Crippen molar-refractivity contribution < 1.29 is 4.74 Å². The number of amidine groups is 1. The SMILES string of the molecule is COc1ccccc1CSC1=NCC(C)(C)CN1. The number of methoxy groups -OCH3 is 1. The summed E-state index contributed by atoms with van der Waals surface area (Å²) in [5.41, 5.74) is 1.48. The summed E-state index contributed by atoms with van der Waals surface area (Å²) in [7, 11) is 1.71. The quantitative estimate of drug-likeness (QED) is 0.911. The molecule has 1 N–H and O–H groups in total. The highest BCUT2D eigenvalue weighted by atomic mass is 32.2. The standard InChI is InChI=1S/C14H20N2OS/c1-14(2)9-15-13(16-10-14)18-8-11-6-4-5-7-12(11)17-3/h4-7H,8-10H2,1-3H3,(H,15,16). The Morgan fingerprint density at radius 2 is 2.17 bits per heavy atom. The monoisotopic (exact) mass is 264 g/mol. The fourth-order valence-electron chi connectivity index (χ4n) is 1.78. The number of ether oxygens (including phenoxy) is 1. The van der Waals surface area contributed by atoms with Crippen LogP contribution in [0, 0.1) is 5.41 Å². The van der Waals surface area contributed by atoms with Gasteiger partial charge in [-0.3, -0.25) is 4.99 Å². The third-order valence-electron chi connectivity index (χ3n) is 2.93. The molecule has 1 aromatic carbocycles. The van der Waals surface area contributed by atoms with Crippen molar-refractivity contribution in [3.05, 3.63) is 29.8 Å². The fraction of sp³-hybridized carbons (Fsp3) is 0.500. The van der Waals surface area contributed by atoms with Crippen molar-refractivity contribution in [1.29, 1.82) is 0 Å². The minimum absolute atomic E-state index is 0.272. The maximum atomic E-state index is 5.34. The van der Waals surface area contributed by atoms with Gasteiger partial charge in [0.1, 0.15) is 5.75 Å². The molecule has 0 aromatic heterocycles. The topological polar surface area (TPSA) is 33.6 Å². The molecule has 0 amide bonds. The molecule has 3 nitrogen and oxygen atoms in total. The summed E-state index contributed by atoms with van der Waals surface area (Å²) in [4.78, 5) is 4.58. The second-order valence-corrected chi connectivity index (χ2v) is 6.20. The van der Waals surface area contributed by atoms with E-state index in [0.29, 0.717) is 0 Å². The first kappa shape index (κ1) is 13.3. The first-order valence-electron chi connectivity index (χ1n) is 6.14. The molecule has 0 aliphatic carbocycles. The smallest absolute Gasteiger partial charge is 0.156 e. The van der Waals surface area contributed by atoms with Crippen LogP contribution in [0.5, 0.6) is 5.75 Å². The molecule has 18 heavy (non-hydrogen) atoms. The van der Waals surface area contributed by atoms with Crippen LogP contribution in [0.15, 0.2) is 29.3 Å². The molecule has 0 radical (unpaired) electrons. The van der Waals surface area contributed by atoms with Crippen molar-refractivity contribution in [2.24, 2.45) is 10.4 Å². The van der Waals surface area contributed by atoms with Gasteiger partial charge in [-0.1, -0.05) is 43.8 Å². The van der Waals surface area contributed by atoms with E-state index in [-0.39, 0.29) is 5.41 Å². The lowest BCUT2D eigenvalue weighted by molar-refractivity contribution is 0.364. The number of benzene rings is 1. The van der Waals surface area contributed by atoms with Crippen LogP contribution in [0.2, 0.25) is 0 Å². The Morgan fingerprint density at radius 3 is 2.83 bits per heavy atom. The number of thioether (sulfide) groups is 1. The molecule has 4 heteroatoms. The molecule has 1 aliphatic rings. The van der Waals surface area contributed by atoms with Crippen LogP contribution < -0.4 is 10.1 Å². The number of rotatable bonds is 3. The van der Waals surface area contributed by atoms with Crippen LogP contribution in [0.3, 0.4) is 0 Å². The lowest BCUT2D eigenvalue weighted by Crippen LogP contribution is -2.39. The molecular weight excluding hydrogens is 244 g/mol. The van der Waals surface area contributed by atoms with E-state index in [1.165, 1.54) is 5.56 Å². The van der Waals surface area contributed by atoms with E-state index >= 15 is 0 Å². The fourth-order valence-corrected chi connectivity index (χ4v) is 2.64. The third kappa shape index (κ3) is 3.42. The van der Waals surface area contributed by atoms with Crippen molar-refractivity contribution in [3.8, 4) is 5.75 Å². The summed E-state index contributed by atoms with van der Waals surface area (Å²) < 4.78 is 5.34. The number of nitrogens with one attached hydrogen (secondary N) is 1. The largest absolute Gasteiger partial charge is 0.496 e. The average Bonchev–Trinajstić information content (AvgIpc) is 2.38. The van der Waals surface area contributed by atoms with Gasteiger partial charge >= 0.3 is 0 Å². The molecule has 0 fully saturated rings. The Kier molecular flexibility index (Phi) is 4.17. The van der Waals surface area contributed by atoms with E-state index in [0.717, 1.165) is 29.8 Å². The lowest BCUT2D eigenvalue weighted by Gasteiger charge is -2.28. The maximum absolute atomic E-state index is 5.34. The number of nitrogens with zero attached hydrogens (tertiary/aromatic N) is 1. The molecule has 0 atom stereocenters. The zero-order valence-electron chi connectivity index (χ0n) is 11.2. The van der Waals surface area contributed by atoms with Crippen molar-refractivity contribution >= 4 is 16.9 Å². The Labute approximate surface area is 113 Å². The molecule has 1 aliphatic heterocycles. The summed E-state index contributed by atoms with van der Waals surface area (Å²) in [6, 6.07) is 8.12. The minimum atomic E-state index is 0.272. The zero-order valence-corrected chi connectivity index (χ0v) is 12.0. The first-order valence-corrected chi connectivity index (χ1v) is 7.12. The second kappa shape index (κ2) is 5.65. The summed E-state index contributed by atoms with van der Waals surface area (Å²) in [5, 5.41) is 4.43. The number of para-hydroxylation sites is 1. The summed E-state index contributed by atoms with van der Waals surface area (Å²) in [6.45, 7) is 6.34. The van der Waals surface area contributed by atoms with Gasteiger partial charge in [0.05, 0.1) is 7.11 Å². The van der Waals surface area contributed by atoms with Crippen LogP contribution >= 0.6 is 11.8 Å². The molecule has 0 saturated carbocycles. The van der Waals surface area contributed by atoms with Gasteiger partial charge in [-0.05, 0) is 6.07 Å². The average molecular weight is 264 g/mol. The van der Waals surface area contributed by atoms with Crippen LogP contribution in [-0.2, 0) is 5.75 Å². The van der Waals surface area contributed by atoms with Gasteiger partial charge in [0, 0.05) is 29.8 Å². The van der Waals surface area contributed by atoms with E-state index in [1.54, 1.807) is 18.9 Å². The zero-order chi connectivity index (χ0) is 13.0. The molecule has 0 unspecified atom stereocenters. The molecule has 0 saturated heterocycles. The molecule has 1 aromatic rings. The molecule has 0 bridgehead atoms. The minimum Gasteiger partial charge on any atom is -0.496 e. The summed E-state index contributed by atoms with van der Waals surface area (Å²) in [6.07, 6.45) is 0. The van der Waals surface area contributed by atoms with Gasteiger partial charge in [-0.2, -0.15) is 0 Å². The number of aliphatic imine (C=N–C) groups is 1. The van der Waals surface area contributed by atoms with Crippen molar-refractivity contribution in [1.82, 2.24) is 5.32 Å². The van der Waals surface area contributed by atoms with E-state index in [1.807, 2.05) is 18.2 Å². The molecule has 0 spiro atoms. The van der Waals surface area contributed by atoms with Crippen LogP contribution in [0.25, 0.3) is 0 Å². The summed E-state index contributed by atoms with van der Waals surface area (Å²) in [5.74, 6) is 1.83. The van der Waals surface area contributed by atoms with E-state index in [2.05, 4.69) is 30.2 Å². The van der Waals surface area contributed by atoms with Gasteiger partial charge in [-0.25, -0.2) is 0 Å². The number of hydrogen-bond acceptors (Lipinski definition) is 4. The molecule has 1 heterocycles. The highest BCUT2D eigenvalue weighted by molar-refractivity contribution is 8.13. The molecular formula is C14H20N2OS. The Balaban J connectivity index is 1.94. The van der Waals surface area contributed by atoms with Gasteiger partial charge in [0.25, 0.3) is 0 Å². The van der Waals surface area contributed by atoms with E-state index in [9.17, 15) is 0 Å². The highest BCUT2D eigenvalue weighted by Gasteiger charge is 2.22. The van der Waals surface area contributed by atoms with Crippen LogP contribution in [-0.4, -0.2) is 25.4 Å². The highest BCUT2D eigenvalue weighted by Crippen LogP contribution is 2.25. The maximum Gasteiger partial charge on any atom is 0.156 e. The summed E-state index contributed by atoms with van der Waals surface area (Å²) >= 11 is 1.74. The van der Waals surface area contributed by atoms with Gasteiger partial charge < -0.3 is 10.1 Å². The van der Waals surface area contributed by atoms with E-state index in [4.69, 9.17) is 4.74 Å². The predicted octanol–water partition coefficient (Wildman–Crippen LogP) is 2.91. The van der Waals surface area contributed by atoms with Gasteiger partial charge in [0.2, 0.25) is 0 Å². The second-order valence-electron chi connectivity index (χ2n) is 5.24. The molecule has 98 valence electrons. The first-order chi connectivity index (χ1) is 8.61. The van der Waals surface area contributed by atoms with Crippen molar-refractivity contribution in [2.75, 3.05) is 20.2 Å². The van der Waals surface area contributed by atoms with Crippen LogP contribution in [0.1, 0.15) is 19.4 Å². The van der Waals surface area contributed by atoms with E-state index < -0.39 is 0 Å². The van der Waals surface area contributed by atoms with Gasteiger partial charge in [-0.15, -0.1) is 0 Å². The van der Waals surface area contributed by atoms with Crippen molar-refractivity contribution in [3.63, 3.8) is 0 Å². The Morgan fingerprint density at radius 1 is 1.39 bits per heavy atom. The van der Waals surface area contributed by atoms with Crippen LogP contribution in [0.4, 0.5) is 0 Å². The Hall–Kier alpha value is -1.16. The predicted molar refractivity (Wildman–Crippen MR) is 78.4 cm³/mol.